The van der Waals surface area contributed by atoms with Crippen LogP contribution in [-0.2, 0) is 15.0 Å². The van der Waals surface area contributed by atoms with Crippen LogP contribution in [0.1, 0.15) is 43.5 Å². The van der Waals surface area contributed by atoms with Gasteiger partial charge in [0, 0.05) is 6.61 Å². The van der Waals surface area contributed by atoms with Crippen LogP contribution in [0.25, 0.3) is 0 Å². The molecule has 6 nitrogen and oxygen atoms in total. The lowest BCUT2D eigenvalue weighted by Gasteiger charge is -2.31. The quantitative estimate of drug-likeness (QED) is 0.839. The summed E-state index contributed by atoms with van der Waals surface area (Å²) in [5.41, 5.74) is 6.03. The van der Waals surface area contributed by atoms with Crippen molar-refractivity contribution in [1.29, 1.82) is 0 Å². The largest absolute Gasteiger partial charge is 0.461 e. The van der Waals surface area contributed by atoms with Gasteiger partial charge < -0.3 is 19.8 Å². The van der Waals surface area contributed by atoms with E-state index in [-0.39, 0.29) is 17.3 Å². The summed E-state index contributed by atoms with van der Waals surface area (Å²) in [6.07, 6.45) is 0.871. The zero-order chi connectivity index (χ0) is 14.2. The summed E-state index contributed by atoms with van der Waals surface area (Å²) < 4.78 is 12.5. The Morgan fingerprint density at radius 2 is 2.37 bits per heavy atom. The average molecular weight is 267 g/mol. The molecule has 1 saturated heterocycles. The molecule has 1 fully saturated rings. The molecule has 0 radical (unpaired) electrons. The van der Waals surface area contributed by atoms with Crippen molar-refractivity contribution in [3.63, 3.8) is 0 Å². The maximum Gasteiger partial charge on any atom is 0.360 e. The maximum atomic E-state index is 11.8. The Bertz CT molecular complexity index is 498. The first-order chi connectivity index (χ1) is 8.91. The molecule has 1 aliphatic heterocycles. The van der Waals surface area contributed by atoms with E-state index in [0.717, 1.165) is 6.42 Å². The first-order valence-corrected chi connectivity index (χ1v) is 6.55. The molecule has 2 unspecified atom stereocenters. The first-order valence-electron chi connectivity index (χ1n) is 6.55. The van der Waals surface area contributed by atoms with Gasteiger partial charge in [0.1, 0.15) is 11.6 Å². The van der Waals surface area contributed by atoms with Crippen LogP contribution in [0.3, 0.4) is 0 Å². The van der Waals surface area contributed by atoms with E-state index in [4.69, 9.17) is 15.2 Å². The minimum atomic E-state index is -0.475. The fourth-order valence-electron chi connectivity index (χ4n) is 2.66. The van der Waals surface area contributed by atoms with E-state index in [9.17, 15) is 4.79 Å². The normalized spacial score (nSPS) is 26.6. The smallest absolute Gasteiger partial charge is 0.360 e. The number of hydrogen-bond acceptors (Lipinski definition) is 5. The number of ether oxygens (including phenoxy) is 2. The minimum Gasteiger partial charge on any atom is -0.461 e. The van der Waals surface area contributed by atoms with Crippen LogP contribution in [0.2, 0.25) is 0 Å². The molecule has 0 aliphatic carbocycles. The van der Waals surface area contributed by atoms with Gasteiger partial charge in [-0.1, -0.05) is 0 Å². The second-order valence-electron chi connectivity index (χ2n) is 5.07. The summed E-state index contributed by atoms with van der Waals surface area (Å²) in [4.78, 5) is 16.1. The standard InChI is InChI=1S/C13H21N3O3/c1-5-18-12(17)10-11(14)16(9(3)15-10)13(4)6-7-19-8(13)2/h8H,5-7,14H2,1-4H3. The van der Waals surface area contributed by atoms with E-state index >= 15 is 0 Å². The van der Waals surface area contributed by atoms with Gasteiger partial charge in [-0.25, -0.2) is 9.78 Å². The van der Waals surface area contributed by atoms with E-state index in [2.05, 4.69) is 11.9 Å². The van der Waals surface area contributed by atoms with Crippen LogP contribution in [0.15, 0.2) is 0 Å². The molecule has 0 bridgehead atoms. The molecule has 0 amide bonds. The molecular weight excluding hydrogens is 246 g/mol. The number of aromatic nitrogens is 2. The summed E-state index contributed by atoms with van der Waals surface area (Å²) in [5, 5.41) is 0. The van der Waals surface area contributed by atoms with Crippen LogP contribution < -0.4 is 5.73 Å². The Labute approximate surface area is 112 Å². The number of carbonyl (C=O) groups is 1. The van der Waals surface area contributed by atoms with Crippen LogP contribution in [0, 0.1) is 6.92 Å². The van der Waals surface area contributed by atoms with Gasteiger partial charge >= 0.3 is 5.97 Å². The molecule has 0 spiro atoms. The molecule has 2 atom stereocenters. The van der Waals surface area contributed by atoms with Crippen LogP contribution in [-0.4, -0.2) is 34.8 Å². The van der Waals surface area contributed by atoms with Gasteiger partial charge in [0.2, 0.25) is 0 Å². The molecule has 1 aromatic heterocycles. The number of rotatable bonds is 3. The predicted octanol–water partition coefficient (Wildman–Crippen LogP) is 1.47. The van der Waals surface area contributed by atoms with Crippen molar-refractivity contribution >= 4 is 11.8 Å². The lowest BCUT2D eigenvalue weighted by Crippen LogP contribution is -2.38. The number of anilines is 1. The van der Waals surface area contributed by atoms with Crippen molar-refractivity contribution in [3.05, 3.63) is 11.5 Å². The van der Waals surface area contributed by atoms with Crippen LogP contribution in [0.5, 0.6) is 0 Å². The second-order valence-corrected chi connectivity index (χ2v) is 5.07. The average Bonchev–Trinajstić information content (AvgIpc) is 2.82. The highest BCUT2D eigenvalue weighted by molar-refractivity contribution is 5.92. The summed E-state index contributed by atoms with van der Waals surface area (Å²) in [7, 11) is 0. The fourth-order valence-corrected chi connectivity index (χ4v) is 2.66. The lowest BCUT2D eigenvalue weighted by molar-refractivity contribution is 0.0520. The number of aryl methyl sites for hydroxylation is 1. The topological polar surface area (TPSA) is 79.4 Å². The van der Waals surface area contributed by atoms with Crippen molar-refractivity contribution in [1.82, 2.24) is 9.55 Å². The molecule has 6 heteroatoms. The Morgan fingerprint density at radius 1 is 1.68 bits per heavy atom. The van der Waals surface area contributed by atoms with Crippen molar-refractivity contribution < 1.29 is 14.3 Å². The number of hydrogen-bond donors (Lipinski definition) is 1. The third-order valence-corrected chi connectivity index (χ3v) is 3.91. The SMILES string of the molecule is CCOC(=O)c1nc(C)n(C2(C)CCOC2C)c1N. The zero-order valence-electron chi connectivity index (χ0n) is 11.9. The molecule has 106 valence electrons. The fraction of sp³-hybridized carbons (Fsp3) is 0.692. The maximum absolute atomic E-state index is 11.8. The Hall–Kier alpha value is -1.56. The number of imidazole rings is 1. The Kier molecular flexibility index (Phi) is 3.54. The third kappa shape index (κ3) is 2.10. The van der Waals surface area contributed by atoms with E-state index in [1.54, 1.807) is 6.92 Å². The van der Waals surface area contributed by atoms with E-state index in [1.165, 1.54) is 0 Å². The molecule has 1 aromatic rings. The molecule has 1 aliphatic rings. The summed E-state index contributed by atoms with van der Waals surface area (Å²) >= 11 is 0. The van der Waals surface area contributed by atoms with Crippen LogP contribution >= 0.6 is 0 Å². The highest BCUT2D eigenvalue weighted by atomic mass is 16.5. The van der Waals surface area contributed by atoms with Gasteiger partial charge in [-0.3, -0.25) is 0 Å². The number of nitrogens with two attached hydrogens (primary N) is 1. The van der Waals surface area contributed by atoms with Gasteiger partial charge in [0.15, 0.2) is 5.69 Å². The number of carbonyl (C=O) groups excluding carboxylic acids is 1. The molecular formula is C13H21N3O3. The summed E-state index contributed by atoms with van der Waals surface area (Å²) in [6.45, 7) is 8.67. The van der Waals surface area contributed by atoms with Crippen molar-refractivity contribution in [2.24, 2.45) is 0 Å². The van der Waals surface area contributed by atoms with Crippen LogP contribution in [0.4, 0.5) is 5.82 Å². The molecule has 2 heterocycles. The van der Waals surface area contributed by atoms with Gasteiger partial charge in [0.25, 0.3) is 0 Å². The van der Waals surface area contributed by atoms with Crippen molar-refractivity contribution in [3.8, 4) is 0 Å². The third-order valence-electron chi connectivity index (χ3n) is 3.91. The monoisotopic (exact) mass is 267 g/mol. The highest BCUT2D eigenvalue weighted by Crippen LogP contribution is 2.37. The van der Waals surface area contributed by atoms with Gasteiger partial charge in [-0.05, 0) is 34.1 Å². The highest BCUT2D eigenvalue weighted by Gasteiger charge is 2.42. The number of esters is 1. The molecule has 2 rings (SSSR count). The van der Waals surface area contributed by atoms with E-state index in [1.807, 2.05) is 18.4 Å². The van der Waals surface area contributed by atoms with E-state index < -0.39 is 5.97 Å². The van der Waals surface area contributed by atoms with Gasteiger partial charge in [0.05, 0.1) is 18.2 Å². The number of nitrogens with zero attached hydrogens (tertiary/aromatic N) is 2. The first kappa shape index (κ1) is 13.9. The Balaban J connectivity index is 2.45. The second kappa shape index (κ2) is 4.85. The lowest BCUT2D eigenvalue weighted by atomic mass is 9.94. The van der Waals surface area contributed by atoms with Crippen molar-refractivity contribution in [2.45, 2.75) is 45.8 Å². The number of nitrogen functional groups attached to an aromatic ring is 1. The van der Waals surface area contributed by atoms with Crippen molar-refractivity contribution in [2.75, 3.05) is 18.9 Å². The minimum absolute atomic E-state index is 0.0257. The Morgan fingerprint density at radius 3 is 2.89 bits per heavy atom. The molecule has 0 aromatic carbocycles. The van der Waals surface area contributed by atoms with Gasteiger partial charge in [-0.15, -0.1) is 0 Å². The molecule has 0 saturated carbocycles. The van der Waals surface area contributed by atoms with E-state index in [0.29, 0.717) is 24.9 Å². The zero-order valence-corrected chi connectivity index (χ0v) is 11.9. The van der Waals surface area contributed by atoms with Gasteiger partial charge in [-0.2, -0.15) is 0 Å². The molecule has 2 N–H and O–H groups in total. The molecule has 19 heavy (non-hydrogen) atoms. The summed E-state index contributed by atoms with van der Waals surface area (Å²) in [5.74, 6) is 0.591. The summed E-state index contributed by atoms with van der Waals surface area (Å²) in [6, 6.07) is 0. The predicted molar refractivity (Wildman–Crippen MR) is 71.0 cm³/mol.